The maximum absolute atomic E-state index is 6.10. The first-order valence-corrected chi connectivity index (χ1v) is 10.0. The van der Waals surface area contributed by atoms with Gasteiger partial charge in [-0.15, -0.1) is 0 Å². The van der Waals surface area contributed by atoms with Crippen LogP contribution in [0.2, 0.25) is 0 Å². The second-order valence-corrected chi connectivity index (χ2v) is 7.97. The number of benzene rings is 1. The topological polar surface area (TPSA) is 49.3 Å². The second kappa shape index (κ2) is 9.04. The van der Waals surface area contributed by atoms with E-state index in [1.54, 1.807) is 7.11 Å². The zero-order chi connectivity index (χ0) is 19.3. The maximum atomic E-state index is 6.10. The van der Waals surface area contributed by atoms with Gasteiger partial charge in [-0.05, 0) is 26.3 Å². The minimum Gasteiger partial charge on any atom is -0.377 e. The van der Waals surface area contributed by atoms with Gasteiger partial charge in [-0.2, -0.15) is 0 Å². The number of hydrogen-bond donors (Lipinski definition) is 1. The average molecular weight is 375 g/mol. The molecule has 6 nitrogen and oxygen atoms in total. The van der Waals surface area contributed by atoms with Gasteiger partial charge >= 0.3 is 0 Å². The lowest BCUT2D eigenvalue weighted by molar-refractivity contribution is -0.0502. The van der Waals surface area contributed by atoms with Crippen LogP contribution < -0.4 is 5.32 Å². The molecule has 1 aromatic carbocycles. The third-order valence-corrected chi connectivity index (χ3v) is 5.44. The maximum Gasteiger partial charge on any atom is 0.194 e. The molecule has 1 N–H and O–H groups in total. The molecule has 0 radical (unpaired) electrons. The predicted molar refractivity (Wildman–Crippen MR) is 109 cm³/mol. The van der Waals surface area contributed by atoms with Crippen molar-refractivity contribution in [2.24, 2.45) is 4.99 Å². The lowest BCUT2D eigenvalue weighted by Crippen LogP contribution is -2.50. The summed E-state index contributed by atoms with van der Waals surface area (Å²) < 4.78 is 11.6. The lowest BCUT2D eigenvalue weighted by atomic mass is 10.1. The molecule has 2 aliphatic heterocycles. The Morgan fingerprint density at radius 3 is 2.78 bits per heavy atom. The van der Waals surface area contributed by atoms with Crippen LogP contribution in [-0.2, 0) is 16.0 Å². The molecule has 0 aromatic heterocycles. The van der Waals surface area contributed by atoms with Crippen LogP contribution in [0.1, 0.15) is 26.3 Å². The van der Waals surface area contributed by atoms with Crippen LogP contribution >= 0.6 is 0 Å². The van der Waals surface area contributed by atoms with Gasteiger partial charge in [0.05, 0.1) is 30.9 Å². The van der Waals surface area contributed by atoms with Crippen molar-refractivity contribution in [3.63, 3.8) is 0 Å². The van der Waals surface area contributed by atoms with Crippen molar-refractivity contribution in [1.82, 2.24) is 15.1 Å². The molecule has 0 bridgehead atoms. The standard InChI is InChI=1S/C21H34N4O2/c1-5-22-20(23-16-21(2,3)26-4)25-14-18-19(15-25)27-12-11-24(18)13-17-9-7-6-8-10-17/h6-10,18-19H,5,11-16H2,1-4H3,(H,22,23). The number of likely N-dealkylation sites (tertiary alicyclic amines) is 1. The summed E-state index contributed by atoms with van der Waals surface area (Å²) in [5.74, 6) is 0.959. The average Bonchev–Trinajstić information content (AvgIpc) is 3.11. The molecule has 2 heterocycles. The smallest absolute Gasteiger partial charge is 0.194 e. The Morgan fingerprint density at radius 2 is 2.07 bits per heavy atom. The molecule has 2 atom stereocenters. The Hall–Kier alpha value is -1.63. The highest BCUT2D eigenvalue weighted by molar-refractivity contribution is 5.80. The number of methoxy groups -OCH3 is 1. The number of guanidine groups is 1. The zero-order valence-electron chi connectivity index (χ0n) is 17.1. The van der Waals surface area contributed by atoms with E-state index in [4.69, 9.17) is 14.5 Å². The summed E-state index contributed by atoms with van der Waals surface area (Å²) in [7, 11) is 1.74. The zero-order valence-corrected chi connectivity index (χ0v) is 17.1. The highest BCUT2D eigenvalue weighted by atomic mass is 16.5. The minimum atomic E-state index is -0.261. The van der Waals surface area contributed by atoms with Crippen LogP contribution in [-0.4, -0.2) is 79.9 Å². The number of nitrogens with one attached hydrogen (secondary N) is 1. The van der Waals surface area contributed by atoms with E-state index in [2.05, 4.69) is 66.2 Å². The lowest BCUT2D eigenvalue weighted by Gasteiger charge is -2.36. The number of aliphatic imine (C=N–C) groups is 1. The van der Waals surface area contributed by atoms with Crippen LogP contribution in [0, 0.1) is 0 Å². The second-order valence-electron chi connectivity index (χ2n) is 7.97. The molecule has 27 heavy (non-hydrogen) atoms. The van der Waals surface area contributed by atoms with Crippen molar-refractivity contribution in [3.05, 3.63) is 35.9 Å². The summed E-state index contributed by atoms with van der Waals surface area (Å²) in [4.78, 5) is 9.74. The van der Waals surface area contributed by atoms with E-state index in [1.807, 2.05) is 0 Å². The molecule has 2 fully saturated rings. The van der Waals surface area contributed by atoms with Gasteiger partial charge < -0.3 is 19.7 Å². The third-order valence-electron chi connectivity index (χ3n) is 5.44. The van der Waals surface area contributed by atoms with Gasteiger partial charge in [-0.3, -0.25) is 9.89 Å². The molecule has 0 aliphatic carbocycles. The summed E-state index contributed by atoms with van der Waals surface area (Å²) in [6.45, 7) is 12.3. The summed E-state index contributed by atoms with van der Waals surface area (Å²) in [5, 5.41) is 3.44. The Morgan fingerprint density at radius 1 is 1.30 bits per heavy atom. The first kappa shape index (κ1) is 20.1. The van der Waals surface area contributed by atoms with Gasteiger partial charge in [-0.1, -0.05) is 30.3 Å². The normalized spacial score (nSPS) is 24.1. The molecule has 3 rings (SSSR count). The van der Waals surface area contributed by atoms with Crippen LogP contribution in [0.25, 0.3) is 0 Å². The van der Waals surface area contributed by atoms with Crippen LogP contribution in [0.5, 0.6) is 0 Å². The van der Waals surface area contributed by atoms with Crippen molar-refractivity contribution in [2.45, 2.75) is 45.1 Å². The van der Waals surface area contributed by atoms with Gasteiger partial charge in [0.25, 0.3) is 0 Å². The first-order valence-electron chi connectivity index (χ1n) is 10.0. The van der Waals surface area contributed by atoms with Gasteiger partial charge in [0.1, 0.15) is 0 Å². The quantitative estimate of drug-likeness (QED) is 0.609. The van der Waals surface area contributed by atoms with Crippen molar-refractivity contribution in [3.8, 4) is 0 Å². The monoisotopic (exact) mass is 374 g/mol. The van der Waals surface area contributed by atoms with E-state index in [0.717, 1.165) is 45.3 Å². The van der Waals surface area contributed by atoms with Crippen LogP contribution in [0.3, 0.4) is 0 Å². The SMILES string of the molecule is CCNC(=NCC(C)(C)OC)N1CC2OCCN(Cc3ccccc3)C2C1. The predicted octanol–water partition coefficient (Wildman–Crippen LogP) is 1.96. The number of rotatable bonds is 6. The van der Waals surface area contributed by atoms with Crippen LogP contribution in [0.15, 0.2) is 35.3 Å². The summed E-state index contributed by atoms with van der Waals surface area (Å²) in [6, 6.07) is 11.1. The van der Waals surface area contributed by atoms with E-state index in [0.29, 0.717) is 12.6 Å². The molecule has 2 unspecified atom stereocenters. The molecular weight excluding hydrogens is 340 g/mol. The molecule has 1 aromatic rings. The molecule has 6 heteroatoms. The van der Waals surface area contributed by atoms with Gasteiger partial charge in [-0.25, -0.2) is 0 Å². The fourth-order valence-corrected chi connectivity index (χ4v) is 3.70. The van der Waals surface area contributed by atoms with E-state index in [-0.39, 0.29) is 11.7 Å². The largest absolute Gasteiger partial charge is 0.377 e. The van der Waals surface area contributed by atoms with Crippen molar-refractivity contribution < 1.29 is 9.47 Å². The Labute approximate surface area is 163 Å². The molecule has 0 amide bonds. The van der Waals surface area contributed by atoms with E-state index in [1.165, 1.54) is 5.56 Å². The highest BCUT2D eigenvalue weighted by Crippen LogP contribution is 2.25. The van der Waals surface area contributed by atoms with E-state index >= 15 is 0 Å². The van der Waals surface area contributed by atoms with Crippen LogP contribution in [0.4, 0.5) is 0 Å². The highest BCUT2D eigenvalue weighted by Gasteiger charge is 2.41. The third kappa shape index (κ3) is 5.21. The Kier molecular flexibility index (Phi) is 6.73. The molecule has 0 spiro atoms. The van der Waals surface area contributed by atoms with E-state index in [9.17, 15) is 0 Å². The number of hydrogen-bond acceptors (Lipinski definition) is 4. The molecule has 150 valence electrons. The van der Waals surface area contributed by atoms with Gasteiger partial charge in [0, 0.05) is 39.8 Å². The molecular formula is C21H34N4O2. The number of ether oxygens (including phenoxy) is 2. The fourth-order valence-electron chi connectivity index (χ4n) is 3.70. The number of morpholine rings is 1. The van der Waals surface area contributed by atoms with Crippen molar-refractivity contribution in [2.75, 3.05) is 46.4 Å². The molecule has 2 aliphatic rings. The van der Waals surface area contributed by atoms with E-state index < -0.39 is 0 Å². The van der Waals surface area contributed by atoms with Crippen molar-refractivity contribution >= 4 is 5.96 Å². The summed E-state index contributed by atoms with van der Waals surface area (Å²) >= 11 is 0. The summed E-state index contributed by atoms with van der Waals surface area (Å²) in [6.07, 6.45) is 0.238. The summed E-state index contributed by atoms with van der Waals surface area (Å²) in [5.41, 5.74) is 1.10. The number of fused-ring (bicyclic) bond motifs is 1. The minimum absolute atomic E-state index is 0.238. The number of nitrogens with zero attached hydrogens (tertiary/aromatic N) is 3. The Bertz CT molecular complexity index is 620. The first-order chi connectivity index (χ1) is 13.0. The van der Waals surface area contributed by atoms with Gasteiger partial charge in [0.2, 0.25) is 0 Å². The Balaban J connectivity index is 1.68. The molecule has 2 saturated heterocycles. The van der Waals surface area contributed by atoms with Gasteiger partial charge in [0.15, 0.2) is 5.96 Å². The molecule has 0 saturated carbocycles. The fraction of sp³-hybridized carbons (Fsp3) is 0.667. The van der Waals surface area contributed by atoms with Crippen molar-refractivity contribution in [1.29, 1.82) is 0 Å².